The Morgan fingerprint density at radius 1 is 1.32 bits per heavy atom. The van der Waals surface area contributed by atoms with E-state index in [-0.39, 0.29) is 0 Å². The second-order valence-electron chi connectivity index (χ2n) is 5.46. The zero-order valence-corrected chi connectivity index (χ0v) is 12.0. The largest absolute Gasteiger partial charge is 0.346 e. The van der Waals surface area contributed by atoms with Gasteiger partial charge in [-0.05, 0) is 31.7 Å². The van der Waals surface area contributed by atoms with E-state index in [0.29, 0.717) is 23.5 Å². The van der Waals surface area contributed by atoms with E-state index in [1.165, 1.54) is 12.8 Å². The molecule has 106 valence electrons. The maximum Gasteiger partial charge on any atom is 0.242 e. The summed E-state index contributed by atoms with van der Waals surface area (Å²) < 4.78 is 28.8. The maximum atomic E-state index is 12.0. The smallest absolute Gasteiger partial charge is 0.242 e. The number of nitrogens with zero attached hydrogens (tertiary/aromatic N) is 1. The van der Waals surface area contributed by atoms with Crippen LogP contribution >= 0.6 is 0 Å². The van der Waals surface area contributed by atoms with E-state index in [9.17, 15) is 8.42 Å². The minimum Gasteiger partial charge on any atom is -0.346 e. The molecule has 19 heavy (non-hydrogen) atoms. The van der Waals surface area contributed by atoms with Crippen LogP contribution in [0.4, 0.5) is 0 Å². The van der Waals surface area contributed by atoms with E-state index in [0.717, 1.165) is 25.1 Å². The van der Waals surface area contributed by atoms with Gasteiger partial charge in [0.15, 0.2) is 0 Å². The SMILES string of the molecule is CCNS(=O)(=O)c1cc(CNC2CC2)n(C2CC2)c1. The number of hydrogen-bond acceptors (Lipinski definition) is 3. The summed E-state index contributed by atoms with van der Waals surface area (Å²) in [6, 6.07) is 2.95. The van der Waals surface area contributed by atoms with Crippen molar-refractivity contribution in [3.05, 3.63) is 18.0 Å². The summed E-state index contributed by atoms with van der Waals surface area (Å²) in [4.78, 5) is 0.397. The van der Waals surface area contributed by atoms with Gasteiger partial charge >= 0.3 is 0 Å². The summed E-state index contributed by atoms with van der Waals surface area (Å²) in [6.45, 7) is 2.99. The van der Waals surface area contributed by atoms with Crippen LogP contribution in [0, 0.1) is 0 Å². The summed E-state index contributed by atoms with van der Waals surface area (Å²) in [7, 11) is -3.34. The number of sulfonamides is 1. The van der Waals surface area contributed by atoms with Gasteiger partial charge < -0.3 is 9.88 Å². The molecular weight excluding hydrogens is 262 g/mol. The van der Waals surface area contributed by atoms with Gasteiger partial charge in [0.05, 0.1) is 4.90 Å². The molecule has 0 radical (unpaired) electrons. The predicted octanol–water partition coefficient (Wildman–Crippen LogP) is 1.37. The molecule has 0 spiro atoms. The molecule has 0 saturated heterocycles. The van der Waals surface area contributed by atoms with E-state index >= 15 is 0 Å². The molecule has 0 atom stereocenters. The first-order valence-electron chi connectivity index (χ1n) is 7.04. The van der Waals surface area contributed by atoms with Crippen molar-refractivity contribution in [2.75, 3.05) is 6.54 Å². The highest BCUT2D eigenvalue weighted by Gasteiger charge is 2.29. The van der Waals surface area contributed by atoms with Crippen LogP contribution in [0.5, 0.6) is 0 Å². The van der Waals surface area contributed by atoms with Crippen molar-refractivity contribution in [1.29, 1.82) is 0 Å². The van der Waals surface area contributed by atoms with Crippen molar-refractivity contribution in [2.45, 2.75) is 56.1 Å². The molecule has 0 aliphatic heterocycles. The summed E-state index contributed by atoms with van der Waals surface area (Å²) in [5, 5.41) is 3.46. The highest BCUT2D eigenvalue weighted by atomic mass is 32.2. The zero-order chi connectivity index (χ0) is 13.5. The van der Waals surface area contributed by atoms with Crippen molar-refractivity contribution >= 4 is 10.0 Å². The lowest BCUT2D eigenvalue weighted by atomic mass is 10.4. The van der Waals surface area contributed by atoms with Crippen LogP contribution in [0.3, 0.4) is 0 Å². The molecule has 0 bridgehead atoms. The van der Waals surface area contributed by atoms with Gasteiger partial charge in [-0.3, -0.25) is 0 Å². The number of aromatic nitrogens is 1. The Morgan fingerprint density at radius 3 is 2.63 bits per heavy atom. The Balaban J connectivity index is 1.82. The fourth-order valence-electron chi connectivity index (χ4n) is 2.29. The summed E-state index contributed by atoms with van der Waals surface area (Å²) >= 11 is 0. The summed E-state index contributed by atoms with van der Waals surface area (Å²) in [5.41, 5.74) is 1.09. The highest BCUT2D eigenvalue weighted by molar-refractivity contribution is 7.89. The topological polar surface area (TPSA) is 63.1 Å². The first kappa shape index (κ1) is 13.1. The molecule has 1 heterocycles. The molecule has 2 aliphatic carbocycles. The average Bonchev–Trinajstić information content (AvgIpc) is 3.26. The Labute approximate surface area is 114 Å². The van der Waals surface area contributed by atoms with E-state index in [4.69, 9.17) is 0 Å². The molecule has 2 fully saturated rings. The Hall–Kier alpha value is -0.850. The van der Waals surface area contributed by atoms with Gasteiger partial charge in [-0.15, -0.1) is 0 Å². The van der Waals surface area contributed by atoms with Gasteiger partial charge in [0.2, 0.25) is 10.0 Å². The van der Waals surface area contributed by atoms with E-state index in [2.05, 4.69) is 14.6 Å². The molecule has 0 amide bonds. The molecule has 2 N–H and O–H groups in total. The van der Waals surface area contributed by atoms with Crippen molar-refractivity contribution in [2.24, 2.45) is 0 Å². The third-order valence-electron chi connectivity index (χ3n) is 3.64. The van der Waals surface area contributed by atoms with Crippen LogP contribution in [0.2, 0.25) is 0 Å². The maximum absolute atomic E-state index is 12.0. The van der Waals surface area contributed by atoms with Crippen LogP contribution in [0.1, 0.15) is 44.3 Å². The predicted molar refractivity (Wildman–Crippen MR) is 73.4 cm³/mol. The second kappa shape index (κ2) is 4.92. The van der Waals surface area contributed by atoms with Crippen molar-refractivity contribution in [1.82, 2.24) is 14.6 Å². The highest BCUT2D eigenvalue weighted by Crippen LogP contribution is 2.37. The zero-order valence-electron chi connectivity index (χ0n) is 11.2. The summed E-state index contributed by atoms with van der Waals surface area (Å²) in [5.74, 6) is 0. The Kier molecular flexibility index (Phi) is 3.41. The monoisotopic (exact) mass is 283 g/mol. The van der Waals surface area contributed by atoms with Crippen LogP contribution in [0.15, 0.2) is 17.2 Å². The van der Waals surface area contributed by atoms with Crippen LogP contribution in [-0.2, 0) is 16.6 Å². The number of rotatable bonds is 7. The van der Waals surface area contributed by atoms with E-state index in [1.807, 2.05) is 6.07 Å². The van der Waals surface area contributed by atoms with Crippen molar-refractivity contribution in [3.63, 3.8) is 0 Å². The molecule has 5 nitrogen and oxygen atoms in total. The third kappa shape index (κ3) is 3.01. The minimum absolute atomic E-state index is 0.397. The first-order valence-corrected chi connectivity index (χ1v) is 8.52. The number of hydrogen-bond donors (Lipinski definition) is 2. The van der Waals surface area contributed by atoms with Gasteiger partial charge in [0.25, 0.3) is 0 Å². The van der Waals surface area contributed by atoms with E-state index < -0.39 is 10.0 Å². The first-order chi connectivity index (χ1) is 9.10. The fourth-order valence-corrected chi connectivity index (χ4v) is 3.38. The van der Waals surface area contributed by atoms with Gasteiger partial charge in [-0.2, -0.15) is 0 Å². The normalized spacial score (nSPS) is 19.8. The molecule has 0 unspecified atom stereocenters. The van der Waals surface area contributed by atoms with Gasteiger partial charge in [-0.25, -0.2) is 13.1 Å². The van der Waals surface area contributed by atoms with Gasteiger partial charge in [0.1, 0.15) is 0 Å². The Bertz CT molecular complexity index is 556. The van der Waals surface area contributed by atoms with Crippen LogP contribution in [-0.4, -0.2) is 25.6 Å². The van der Waals surface area contributed by atoms with Gasteiger partial charge in [-0.1, -0.05) is 6.92 Å². The quantitative estimate of drug-likeness (QED) is 0.794. The molecule has 6 heteroatoms. The summed E-state index contributed by atoms with van der Waals surface area (Å²) in [6.07, 6.45) is 6.59. The number of nitrogens with one attached hydrogen (secondary N) is 2. The molecule has 0 aromatic carbocycles. The van der Waals surface area contributed by atoms with Gasteiger partial charge in [0, 0.05) is 37.1 Å². The Morgan fingerprint density at radius 2 is 2.05 bits per heavy atom. The molecule has 3 rings (SSSR count). The van der Waals surface area contributed by atoms with Crippen molar-refractivity contribution < 1.29 is 8.42 Å². The molecule has 2 saturated carbocycles. The second-order valence-corrected chi connectivity index (χ2v) is 7.23. The van der Waals surface area contributed by atoms with Crippen molar-refractivity contribution in [3.8, 4) is 0 Å². The lowest BCUT2D eigenvalue weighted by molar-refractivity contribution is 0.583. The fraction of sp³-hybridized carbons (Fsp3) is 0.692. The van der Waals surface area contributed by atoms with E-state index in [1.54, 1.807) is 13.1 Å². The molecule has 2 aliphatic rings. The van der Waals surface area contributed by atoms with Crippen LogP contribution in [0.25, 0.3) is 0 Å². The molecule has 1 aromatic heterocycles. The lowest BCUT2D eigenvalue weighted by Gasteiger charge is -2.07. The van der Waals surface area contributed by atoms with Crippen LogP contribution < -0.4 is 10.0 Å². The third-order valence-corrected chi connectivity index (χ3v) is 5.15. The minimum atomic E-state index is -3.34. The average molecular weight is 283 g/mol. The lowest BCUT2D eigenvalue weighted by Crippen LogP contribution is -2.22. The standard InChI is InChI=1S/C13H21N3O2S/c1-2-15-19(17,18)13-7-12(8-14-10-3-4-10)16(9-13)11-5-6-11/h7,9-11,14-15H,2-6,8H2,1H3. The molecule has 1 aromatic rings. The molecular formula is C13H21N3O2S.